The van der Waals surface area contributed by atoms with E-state index in [9.17, 15) is 9.59 Å². The van der Waals surface area contributed by atoms with Gasteiger partial charge in [-0.05, 0) is 18.3 Å². The van der Waals surface area contributed by atoms with Crippen molar-refractivity contribution in [2.24, 2.45) is 5.41 Å². The maximum Gasteiger partial charge on any atom is 0.303 e. The zero-order chi connectivity index (χ0) is 13.7. The van der Waals surface area contributed by atoms with E-state index in [0.29, 0.717) is 5.00 Å². The maximum absolute atomic E-state index is 12.0. The van der Waals surface area contributed by atoms with Crippen LogP contribution in [0.3, 0.4) is 0 Å². The van der Waals surface area contributed by atoms with Gasteiger partial charge in [-0.3, -0.25) is 9.59 Å². The number of carboxylic acids is 1. The smallest absolute Gasteiger partial charge is 0.303 e. The molecule has 1 amide bonds. The van der Waals surface area contributed by atoms with Crippen LogP contribution in [0.15, 0.2) is 6.20 Å². The molecule has 0 bridgehead atoms. The van der Waals surface area contributed by atoms with Crippen molar-refractivity contribution in [3.8, 4) is 0 Å². The van der Waals surface area contributed by atoms with Crippen LogP contribution in [-0.4, -0.2) is 26.6 Å². The average molecular weight is 283 g/mol. The van der Waals surface area contributed by atoms with Crippen LogP contribution < -0.4 is 5.32 Å². The molecule has 1 aromatic rings. The second-order valence-electron chi connectivity index (χ2n) is 5.14. The summed E-state index contributed by atoms with van der Waals surface area (Å²) in [4.78, 5) is 23.0. The molecule has 1 aromatic heterocycles. The number of aliphatic carboxylic acids is 1. The number of hydrogen-bond donors (Lipinski definition) is 2. The van der Waals surface area contributed by atoms with Crippen molar-refractivity contribution in [3.63, 3.8) is 0 Å². The molecule has 2 N–H and O–H groups in total. The normalized spacial score (nSPS) is 17.9. The quantitative estimate of drug-likeness (QED) is 0.865. The SMILES string of the molecule is O=C(O)CC1(CC(=O)Nc2cnns2)CCCCC1. The zero-order valence-electron chi connectivity index (χ0n) is 10.6. The third-order valence-corrected chi connectivity index (χ3v) is 4.18. The van der Waals surface area contributed by atoms with Crippen molar-refractivity contribution in [1.82, 2.24) is 9.59 Å². The highest BCUT2D eigenvalue weighted by Crippen LogP contribution is 2.42. The fourth-order valence-corrected chi connectivity index (χ4v) is 3.22. The highest BCUT2D eigenvalue weighted by molar-refractivity contribution is 7.10. The van der Waals surface area contributed by atoms with Crippen molar-refractivity contribution in [3.05, 3.63) is 6.20 Å². The summed E-state index contributed by atoms with van der Waals surface area (Å²) in [6.07, 6.45) is 6.58. The van der Waals surface area contributed by atoms with Crippen LogP contribution in [-0.2, 0) is 9.59 Å². The molecule has 0 aromatic carbocycles. The Labute approximate surface area is 115 Å². The minimum absolute atomic E-state index is 0.0708. The predicted molar refractivity (Wildman–Crippen MR) is 70.9 cm³/mol. The summed E-state index contributed by atoms with van der Waals surface area (Å²) in [7, 11) is 0. The molecular weight excluding hydrogens is 266 g/mol. The molecule has 1 fully saturated rings. The van der Waals surface area contributed by atoms with Crippen molar-refractivity contribution >= 4 is 28.4 Å². The first kappa shape index (κ1) is 13.9. The largest absolute Gasteiger partial charge is 0.481 e. The number of nitrogens with zero attached hydrogens (tertiary/aromatic N) is 2. The Morgan fingerprint density at radius 1 is 1.32 bits per heavy atom. The standard InChI is InChI=1S/C12H17N3O3S/c16-9(14-10-8-13-15-19-10)6-12(7-11(17)18)4-2-1-3-5-12/h8H,1-7H2,(H,14,16)(H,17,18). The van der Waals surface area contributed by atoms with E-state index < -0.39 is 5.97 Å². The third-order valence-electron chi connectivity index (χ3n) is 3.60. The van der Waals surface area contributed by atoms with Gasteiger partial charge in [-0.15, -0.1) is 5.10 Å². The van der Waals surface area contributed by atoms with Gasteiger partial charge < -0.3 is 10.4 Å². The van der Waals surface area contributed by atoms with E-state index in [1.54, 1.807) is 0 Å². The van der Waals surface area contributed by atoms with E-state index in [1.807, 2.05) is 0 Å². The van der Waals surface area contributed by atoms with Crippen LogP contribution in [0, 0.1) is 5.41 Å². The monoisotopic (exact) mass is 283 g/mol. The van der Waals surface area contributed by atoms with Crippen molar-refractivity contribution in [2.75, 3.05) is 5.32 Å². The number of hydrogen-bond acceptors (Lipinski definition) is 5. The number of amides is 1. The molecular formula is C12H17N3O3S. The van der Waals surface area contributed by atoms with Crippen LogP contribution in [0.1, 0.15) is 44.9 Å². The van der Waals surface area contributed by atoms with E-state index in [4.69, 9.17) is 5.11 Å². The molecule has 0 radical (unpaired) electrons. The summed E-state index contributed by atoms with van der Waals surface area (Å²) < 4.78 is 3.67. The second kappa shape index (κ2) is 6.10. The summed E-state index contributed by atoms with van der Waals surface area (Å²) in [5.41, 5.74) is -0.383. The third kappa shape index (κ3) is 3.99. The second-order valence-corrected chi connectivity index (χ2v) is 5.92. The molecule has 1 heterocycles. The number of carbonyl (C=O) groups excluding carboxylic acids is 1. The number of rotatable bonds is 5. The van der Waals surface area contributed by atoms with Crippen molar-refractivity contribution in [1.29, 1.82) is 0 Å². The lowest BCUT2D eigenvalue weighted by Crippen LogP contribution is -2.32. The van der Waals surface area contributed by atoms with Crippen LogP contribution >= 0.6 is 11.5 Å². The summed E-state index contributed by atoms with van der Waals surface area (Å²) in [6.45, 7) is 0. The fraction of sp³-hybridized carbons (Fsp3) is 0.667. The minimum Gasteiger partial charge on any atom is -0.481 e. The van der Waals surface area contributed by atoms with E-state index >= 15 is 0 Å². The molecule has 0 saturated heterocycles. The molecule has 0 spiro atoms. The Bertz CT molecular complexity index is 441. The van der Waals surface area contributed by atoms with Gasteiger partial charge in [0.25, 0.3) is 0 Å². The van der Waals surface area contributed by atoms with Crippen molar-refractivity contribution < 1.29 is 14.7 Å². The van der Waals surface area contributed by atoms with Crippen molar-refractivity contribution in [2.45, 2.75) is 44.9 Å². The Morgan fingerprint density at radius 3 is 2.63 bits per heavy atom. The molecule has 0 atom stereocenters. The molecule has 1 saturated carbocycles. The van der Waals surface area contributed by atoms with E-state index in [1.165, 1.54) is 6.20 Å². The van der Waals surface area contributed by atoms with E-state index in [-0.39, 0.29) is 24.2 Å². The first-order valence-electron chi connectivity index (χ1n) is 6.39. The molecule has 2 rings (SSSR count). The van der Waals surface area contributed by atoms with Crippen LogP contribution in [0.4, 0.5) is 5.00 Å². The predicted octanol–water partition coefficient (Wildman–Crippen LogP) is 2.29. The van der Waals surface area contributed by atoms with E-state index in [2.05, 4.69) is 14.9 Å². The van der Waals surface area contributed by atoms with Crippen LogP contribution in [0.5, 0.6) is 0 Å². The van der Waals surface area contributed by atoms with Crippen LogP contribution in [0.25, 0.3) is 0 Å². The van der Waals surface area contributed by atoms with E-state index in [0.717, 1.165) is 43.6 Å². The Kier molecular flexibility index (Phi) is 4.47. The zero-order valence-corrected chi connectivity index (χ0v) is 11.4. The fourth-order valence-electron chi connectivity index (χ4n) is 2.78. The lowest BCUT2D eigenvalue weighted by Gasteiger charge is -2.35. The Hall–Kier alpha value is -1.50. The van der Waals surface area contributed by atoms with Gasteiger partial charge in [0.05, 0.1) is 12.6 Å². The first-order chi connectivity index (χ1) is 9.10. The van der Waals surface area contributed by atoms with Gasteiger partial charge in [0.2, 0.25) is 5.91 Å². The lowest BCUT2D eigenvalue weighted by atomic mass is 9.69. The lowest BCUT2D eigenvalue weighted by molar-refractivity contribution is -0.140. The molecule has 0 unspecified atom stereocenters. The summed E-state index contributed by atoms with van der Waals surface area (Å²) >= 11 is 1.12. The number of nitrogens with one attached hydrogen (secondary N) is 1. The highest BCUT2D eigenvalue weighted by atomic mass is 32.1. The number of anilines is 1. The van der Waals surface area contributed by atoms with Gasteiger partial charge in [-0.1, -0.05) is 23.8 Å². The summed E-state index contributed by atoms with van der Waals surface area (Å²) in [6, 6.07) is 0. The van der Waals surface area contributed by atoms with Gasteiger partial charge >= 0.3 is 5.97 Å². The number of aromatic nitrogens is 2. The number of carbonyl (C=O) groups is 2. The molecule has 104 valence electrons. The molecule has 1 aliphatic carbocycles. The topological polar surface area (TPSA) is 92.2 Å². The number of carboxylic acid groups (broad SMARTS) is 1. The minimum atomic E-state index is -0.825. The highest BCUT2D eigenvalue weighted by Gasteiger charge is 2.36. The molecule has 19 heavy (non-hydrogen) atoms. The summed E-state index contributed by atoms with van der Waals surface area (Å²) in [5, 5.41) is 16.0. The first-order valence-corrected chi connectivity index (χ1v) is 7.16. The van der Waals surface area contributed by atoms with Crippen LogP contribution in [0.2, 0.25) is 0 Å². The molecule has 6 nitrogen and oxygen atoms in total. The van der Waals surface area contributed by atoms with Gasteiger partial charge in [0.1, 0.15) is 5.00 Å². The molecule has 0 aliphatic heterocycles. The molecule has 1 aliphatic rings. The molecule has 7 heteroatoms. The van der Waals surface area contributed by atoms with Gasteiger partial charge in [0, 0.05) is 18.0 Å². The van der Waals surface area contributed by atoms with Gasteiger partial charge in [-0.2, -0.15) is 0 Å². The maximum atomic E-state index is 12.0. The van der Waals surface area contributed by atoms with Gasteiger partial charge in [-0.25, -0.2) is 0 Å². The van der Waals surface area contributed by atoms with Gasteiger partial charge in [0.15, 0.2) is 0 Å². The Balaban J connectivity index is 1.98. The average Bonchev–Trinajstić information content (AvgIpc) is 2.81. The Morgan fingerprint density at radius 2 is 2.05 bits per heavy atom. The summed E-state index contributed by atoms with van der Waals surface area (Å²) in [5.74, 6) is -0.969.